The van der Waals surface area contributed by atoms with Crippen molar-refractivity contribution in [3.05, 3.63) is 17.0 Å². The summed E-state index contributed by atoms with van der Waals surface area (Å²) in [7, 11) is -1.35. The van der Waals surface area contributed by atoms with Crippen molar-refractivity contribution in [2.24, 2.45) is 12.0 Å². The molecule has 0 aliphatic rings. The summed E-state index contributed by atoms with van der Waals surface area (Å²) in [5, 5.41) is 10.7. The lowest BCUT2D eigenvalue weighted by molar-refractivity contribution is 0.446. The number of aromatic nitrogens is 2. The molecule has 138 valence electrons. The van der Waals surface area contributed by atoms with E-state index in [0.717, 1.165) is 29.8 Å². The Bertz CT molecular complexity index is 691. The van der Waals surface area contributed by atoms with Gasteiger partial charge < -0.3 is 10.6 Å². The molecule has 0 radical (unpaired) electrons. The van der Waals surface area contributed by atoms with Gasteiger partial charge in [-0.2, -0.15) is 5.10 Å². The largest absolute Gasteiger partial charge is 0.357 e. The Morgan fingerprint density at radius 3 is 2.38 bits per heavy atom. The summed E-state index contributed by atoms with van der Waals surface area (Å²) in [5.74, 6) is 0.642. The first-order valence-electron chi connectivity index (χ1n) is 7.95. The van der Waals surface area contributed by atoms with E-state index in [-0.39, 0.29) is 0 Å². The van der Waals surface area contributed by atoms with Crippen molar-refractivity contribution < 1.29 is 8.42 Å². The van der Waals surface area contributed by atoms with Gasteiger partial charge in [-0.1, -0.05) is 0 Å². The maximum atomic E-state index is 11.4. The van der Waals surface area contributed by atoms with E-state index in [2.05, 4.69) is 25.4 Å². The number of nitrogens with zero attached hydrogens (tertiary/aromatic N) is 3. The van der Waals surface area contributed by atoms with Crippen LogP contribution in [0.3, 0.4) is 0 Å². The second-order valence-electron chi connectivity index (χ2n) is 6.58. The van der Waals surface area contributed by atoms with Crippen LogP contribution in [0.25, 0.3) is 0 Å². The number of rotatable bonds is 7. The zero-order chi connectivity index (χ0) is 18.5. The van der Waals surface area contributed by atoms with Crippen LogP contribution in [0.5, 0.6) is 0 Å². The number of aryl methyl sites for hydroxylation is 2. The molecule has 1 aromatic rings. The number of hydrogen-bond donors (Lipinski definition) is 3. The molecule has 0 saturated carbocycles. The maximum absolute atomic E-state index is 11.4. The fraction of sp³-hybridized carbons (Fsp3) is 0.733. The molecule has 3 N–H and O–H groups in total. The zero-order valence-corrected chi connectivity index (χ0v) is 16.5. The smallest absolute Gasteiger partial charge is 0.209 e. The van der Waals surface area contributed by atoms with Gasteiger partial charge in [0.1, 0.15) is 0 Å². The summed E-state index contributed by atoms with van der Waals surface area (Å²) in [6.45, 7) is 11.3. The third-order valence-corrected chi connectivity index (χ3v) is 4.48. The topological polar surface area (TPSA) is 100 Å². The Morgan fingerprint density at radius 1 is 1.29 bits per heavy atom. The van der Waals surface area contributed by atoms with Gasteiger partial charge in [-0.05, 0) is 34.6 Å². The van der Waals surface area contributed by atoms with Gasteiger partial charge in [0.25, 0.3) is 0 Å². The monoisotopic (exact) mass is 358 g/mol. The van der Waals surface area contributed by atoms with Crippen LogP contribution in [0.15, 0.2) is 4.99 Å². The van der Waals surface area contributed by atoms with Crippen LogP contribution in [0.1, 0.15) is 37.7 Å². The van der Waals surface area contributed by atoms with Gasteiger partial charge >= 0.3 is 0 Å². The van der Waals surface area contributed by atoms with E-state index in [1.54, 1.807) is 0 Å². The SMILES string of the molecule is CCNC(=NCc1c(C)nn(C)c1C)NCC(C)(C)NS(C)(=O)=O. The average Bonchev–Trinajstić information content (AvgIpc) is 2.64. The molecule has 0 fully saturated rings. The quantitative estimate of drug-likeness (QED) is 0.484. The highest BCUT2D eigenvalue weighted by atomic mass is 32.2. The molecule has 9 heteroatoms. The molecule has 24 heavy (non-hydrogen) atoms. The Kier molecular flexibility index (Phi) is 6.79. The molecule has 0 amide bonds. The average molecular weight is 359 g/mol. The lowest BCUT2D eigenvalue weighted by Gasteiger charge is -2.26. The van der Waals surface area contributed by atoms with Crippen LogP contribution in [-0.4, -0.2) is 49.0 Å². The molecule has 1 rings (SSSR count). The van der Waals surface area contributed by atoms with E-state index in [1.807, 2.05) is 46.3 Å². The van der Waals surface area contributed by atoms with Crippen LogP contribution in [0.2, 0.25) is 0 Å². The predicted octanol–water partition coefficient (Wildman–Crippen LogP) is 0.420. The highest BCUT2D eigenvalue weighted by Gasteiger charge is 2.22. The second kappa shape index (κ2) is 7.98. The molecule has 0 saturated heterocycles. The van der Waals surface area contributed by atoms with Gasteiger partial charge in [0.05, 0.1) is 18.5 Å². The molecule has 8 nitrogen and oxygen atoms in total. The van der Waals surface area contributed by atoms with Crippen molar-refractivity contribution in [3.8, 4) is 0 Å². The van der Waals surface area contributed by atoms with Gasteiger partial charge in [0, 0.05) is 36.9 Å². The molecule has 0 aliphatic heterocycles. The third kappa shape index (κ3) is 6.48. The predicted molar refractivity (Wildman–Crippen MR) is 97.6 cm³/mol. The van der Waals surface area contributed by atoms with Gasteiger partial charge in [0.2, 0.25) is 10.0 Å². The van der Waals surface area contributed by atoms with Crippen molar-refractivity contribution in [2.75, 3.05) is 19.3 Å². The van der Waals surface area contributed by atoms with Crippen molar-refractivity contribution in [1.82, 2.24) is 25.1 Å². The summed E-state index contributed by atoms with van der Waals surface area (Å²) in [5.41, 5.74) is 2.53. The molecule has 0 spiro atoms. The number of hydrogen-bond acceptors (Lipinski definition) is 4. The number of guanidine groups is 1. The van der Waals surface area contributed by atoms with Crippen LogP contribution in [0, 0.1) is 13.8 Å². The second-order valence-corrected chi connectivity index (χ2v) is 8.33. The lowest BCUT2D eigenvalue weighted by atomic mass is 10.1. The van der Waals surface area contributed by atoms with Crippen molar-refractivity contribution in [1.29, 1.82) is 0 Å². The summed E-state index contributed by atoms with van der Waals surface area (Å²) < 4.78 is 27.3. The van der Waals surface area contributed by atoms with Gasteiger partial charge in [0.15, 0.2) is 5.96 Å². The lowest BCUT2D eigenvalue weighted by Crippen LogP contribution is -2.53. The van der Waals surface area contributed by atoms with Crippen molar-refractivity contribution >= 4 is 16.0 Å². The molecular weight excluding hydrogens is 328 g/mol. The minimum absolute atomic E-state index is 0.414. The summed E-state index contributed by atoms with van der Waals surface area (Å²) in [4.78, 5) is 4.58. The molecule has 0 bridgehead atoms. The summed E-state index contributed by atoms with van der Waals surface area (Å²) in [6, 6.07) is 0. The number of aliphatic imine (C=N–C) groups is 1. The van der Waals surface area contributed by atoms with Gasteiger partial charge in [-0.25, -0.2) is 18.1 Å². The fourth-order valence-corrected chi connectivity index (χ4v) is 3.46. The Labute approximate surface area is 145 Å². The van der Waals surface area contributed by atoms with Gasteiger partial charge in [-0.15, -0.1) is 0 Å². The molecule has 1 aromatic heterocycles. The van der Waals surface area contributed by atoms with E-state index in [1.165, 1.54) is 0 Å². The van der Waals surface area contributed by atoms with E-state index < -0.39 is 15.6 Å². The van der Waals surface area contributed by atoms with E-state index >= 15 is 0 Å². The van der Waals surface area contributed by atoms with Crippen LogP contribution in [-0.2, 0) is 23.6 Å². The highest BCUT2D eigenvalue weighted by Crippen LogP contribution is 2.12. The Hall–Kier alpha value is -1.61. The first kappa shape index (κ1) is 20.4. The zero-order valence-electron chi connectivity index (χ0n) is 15.7. The molecule has 0 aromatic carbocycles. The first-order chi connectivity index (χ1) is 10.9. The third-order valence-electron chi connectivity index (χ3n) is 3.56. The Balaban J connectivity index is 2.79. The van der Waals surface area contributed by atoms with Crippen LogP contribution < -0.4 is 15.4 Å². The normalized spacial score (nSPS) is 13.2. The first-order valence-corrected chi connectivity index (χ1v) is 9.84. The minimum atomic E-state index is -3.27. The van der Waals surface area contributed by atoms with Gasteiger partial charge in [-0.3, -0.25) is 4.68 Å². The Morgan fingerprint density at radius 2 is 1.92 bits per heavy atom. The standard InChI is InChI=1S/C15H30N6O2S/c1-8-16-14(18-10-15(4,5)20-24(7,22)23)17-9-13-11(2)19-21(6)12(13)3/h20H,8-10H2,1-7H3,(H2,16,17,18). The maximum Gasteiger partial charge on any atom is 0.209 e. The molecule has 1 heterocycles. The summed E-state index contributed by atoms with van der Waals surface area (Å²) in [6.07, 6.45) is 1.15. The van der Waals surface area contributed by atoms with E-state index in [4.69, 9.17) is 0 Å². The highest BCUT2D eigenvalue weighted by molar-refractivity contribution is 7.88. The fourth-order valence-electron chi connectivity index (χ4n) is 2.39. The van der Waals surface area contributed by atoms with E-state index in [0.29, 0.717) is 19.0 Å². The molecule has 0 aliphatic carbocycles. The molecule has 0 atom stereocenters. The van der Waals surface area contributed by atoms with Crippen LogP contribution in [0.4, 0.5) is 0 Å². The number of sulfonamides is 1. The van der Waals surface area contributed by atoms with E-state index in [9.17, 15) is 8.42 Å². The van der Waals surface area contributed by atoms with Crippen LogP contribution >= 0.6 is 0 Å². The minimum Gasteiger partial charge on any atom is -0.357 e. The van der Waals surface area contributed by atoms with Crippen molar-refractivity contribution in [3.63, 3.8) is 0 Å². The van der Waals surface area contributed by atoms with Crippen molar-refractivity contribution in [2.45, 2.75) is 46.7 Å². The summed E-state index contributed by atoms with van der Waals surface area (Å²) >= 11 is 0. The molecular formula is C15H30N6O2S. The number of nitrogens with one attached hydrogen (secondary N) is 3. The molecule has 0 unspecified atom stereocenters.